The number of rotatable bonds is 7. The summed E-state index contributed by atoms with van der Waals surface area (Å²) in [6.07, 6.45) is 3.47. The van der Waals surface area contributed by atoms with Crippen molar-refractivity contribution >= 4 is 35.5 Å². The summed E-state index contributed by atoms with van der Waals surface area (Å²) >= 11 is 6.18. The van der Waals surface area contributed by atoms with Gasteiger partial charge in [-0.05, 0) is 29.8 Å². The minimum absolute atomic E-state index is 0.0802. The molecule has 0 radical (unpaired) electrons. The number of piperazine rings is 1. The molecule has 1 aliphatic heterocycles. The number of oxazole rings is 1. The number of benzene rings is 2. The van der Waals surface area contributed by atoms with Gasteiger partial charge in [0.1, 0.15) is 6.07 Å². The van der Waals surface area contributed by atoms with Crippen LogP contribution in [0.1, 0.15) is 17.1 Å². The van der Waals surface area contributed by atoms with Crippen molar-refractivity contribution < 1.29 is 18.7 Å². The van der Waals surface area contributed by atoms with Gasteiger partial charge in [0.05, 0.1) is 7.11 Å². The van der Waals surface area contributed by atoms with Gasteiger partial charge in [-0.15, -0.1) is 0 Å². The van der Waals surface area contributed by atoms with Gasteiger partial charge in [0, 0.05) is 37.3 Å². The fourth-order valence-electron chi connectivity index (χ4n) is 3.59. The van der Waals surface area contributed by atoms with E-state index in [0.717, 1.165) is 5.56 Å². The van der Waals surface area contributed by atoms with Crippen LogP contribution in [0.3, 0.4) is 0 Å². The number of hydrogen-bond acceptors (Lipinski definition) is 7. The van der Waals surface area contributed by atoms with Crippen LogP contribution < -0.4 is 14.4 Å². The van der Waals surface area contributed by atoms with Crippen LogP contribution in [-0.4, -0.2) is 55.7 Å². The monoisotopic (exact) mass is 478 g/mol. The maximum atomic E-state index is 12.6. The summed E-state index contributed by atoms with van der Waals surface area (Å²) in [4.78, 5) is 20.5. The van der Waals surface area contributed by atoms with E-state index in [1.807, 2.05) is 35.2 Å². The van der Waals surface area contributed by atoms with Gasteiger partial charge in [0.15, 0.2) is 18.1 Å². The van der Waals surface area contributed by atoms with Crippen molar-refractivity contribution in [1.82, 2.24) is 9.88 Å². The second-order valence-electron chi connectivity index (χ2n) is 7.48. The molecule has 1 amide bonds. The highest BCUT2D eigenvalue weighted by atomic mass is 35.5. The van der Waals surface area contributed by atoms with Crippen LogP contribution in [0.15, 0.2) is 52.9 Å². The Kier molecular flexibility index (Phi) is 7.35. The number of nitriles is 1. The van der Waals surface area contributed by atoms with Crippen LogP contribution in [0, 0.1) is 11.3 Å². The Hall–Kier alpha value is -3.96. The molecule has 1 aromatic heterocycles. The lowest BCUT2D eigenvalue weighted by Gasteiger charge is -2.34. The number of anilines is 1. The minimum atomic E-state index is -0.119. The van der Waals surface area contributed by atoms with Crippen molar-refractivity contribution in [3.8, 4) is 17.6 Å². The van der Waals surface area contributed by atoms with E-state index in [1.165, 1.54) is 0 Å². The molecule has 8 nitrogen and oxygen atoms in total. The lowest BCUT2D eigenvalue weighted by Crippen LogP contribution is -2.50. The van der Waals surface area contributed by atoms with Crippen molar-refractivity contribution in [3.63, 3.8) is 0 Å². The van der Waals surface area contributed by atoms with E-state index in [-0.39, 0.29) is 18.2 Å². The SMILES string of the molecule is COc1ccccc1OCC(=O)N1CCN(c2oc(/C=C/c3ccccc3Cl)nc2C#N)CC1. The van der Waals surface area contributed by atoms with Crippen LogP contribution in [0.4, 0.5) is 5.88 Å². The van der Waals surface area contributed by atoms with Crippen LogP contribution >= 0.6 is 11.6 Å². The number of carbonyl (C=O) groups excluding carboxylic acids is 1. The molecule has 4 rings (SSSR count). The first-order valence-corrected chi connectivity index (χ1v) is 11.1. The van der Waals surface area contributed by atoms with Gasteiger partial charge in [0.25, 0.3) is 5.91 Å². The summed E-state index contributed by atoms with van der Waals surface area (Å²) in [5.74, 6) is 1.70. The van der Waals surface area contributed by atoms with E-state index in [2.05, 4.69) is 11.1 Å². The highest BCUT2D eigenvalue weighted by Crippen LogP contribution is 2.27. The second-order valence-corrected chi connectivity index (χ2v) is 7.89. The number of ether oxygens (including phenoxy) is 2. The van der Waals surface area contributed by atoms with E-state index < -0.39 is 0 Å². The third-order valence-electron chi connectivity index (χ3n) is 5.38. The fraction of sp³-hybridized carbons (Fsp3) is 0.240. The maximum absolute atomic E-state index is 12.6. The summed E-state index contributed by atoms with van der Waals surface area (Å²) in [6, 6.07) is 16.7. The topological polar surface area (TPSA) is 91.8 Å². The molecule has 2 heterocycles. The lowest BCUT2D eigenvalue weighted by atomic mass is 10.2. The van der Waals surface area contributed by atoms with Crippen molar-refractivity contribution in [2.45, 2.75) is 0 Å². The molecular weight excluding hydrogens is 456 g/mol. The number of carbonyl (C=O) groups is 1. The minimum Gasteiger partial charge on any atom is -0.493 e. The average molecular weight is 479 g/mol. The number of hydrogen-bond donors (Lipinski definition) is 0. The molecule has 0 atom stereocenters. The Morgan fingerprint density at radius 2 is 1.82 bits per heavy atom. The first-order valence-electron chi connectivity index (χ1n) is 10.7. The number of halogens is 1. The molecule has 3 aromatic rings. The first kappa shape index (κ1) is 23.2. The molecule has 174 valence electrons. The molecule has 9 heteroatoms. The van der Waals surface area contributed by atoms with E-state index >= 15 is 0 Å². The Morgan fingerprint density at radius 3 is 2.53 bits per heavy atom. The van der Waals surface area contributed by atoms with E-state index in [9.17, 15) is 10.1 Å². The zero-order chi connectivity index (χ0) is 23.9. The average Bonchev–Trinajstić information content (AvgIpc) is 3.30. The van der Waals surface area contributed by atoms with Crippen LogP contribution in [0.25, 0.3) is 12.2 Å². The standard InChI is InChI=1S/C25H23ClN4O4/c1-32-21-8-4-5-9-22(21)33-17-24(31)29-12-14-30(15-13-29)25-20(16-27)28-23(34-25)11-10-18-6-2-3-7-19(18)26/h2-11H,12-15,17H2,1H3/b11-10+. The largest absolute Gasteiger partial charge is 0.493 e. The summed E-state index contributed by atoms with van der Waals surface area (Å²) in [7, 11) is 1.56. The Labute approximate surface area is 202 Å². The van der Waals surface area contributed by atoms with Crippen LogP contribution in [0.5, 0.6) is 11.5 Å². The summed E-state index contributed by atoms with van der Waals surface area (Å²) in [5, 5.41) is 10.1. The summed E-state index contributed by atoms with van der Waals surface area (Å²) in [6.45, 7) is 1.90. The Morgan fingerprint density at radius 1 is 1.12 bits per heavy atom. The van der Waals surface area contributed by atoms with Gasteiger partial charge in [0.2, 0.25) is 17.5 Å². The summed E-state index contributed by atoms with van der Waals surface area (Å²) < 4.78 is 16.7. The van der Waals surface area contributed by atoms with Gasteiger partial charge < -0.3 is 23.7 Å². The number of methoxy groups -OCH3 is 1. The highest BCUT2D eigenvalue weighted by molar-refractivity contribution is 6.32. The van der Waals surface area contributed by atoms with Gasteiger partial charge >= 0.3 is 0 Å². The molecule has 0 unspecified atom stereocenters. The first-order chi connectivity index (χ1) is 16.6. The smallest absolute Gasteiger partial charge is 0.260 e. The van der Waals surface area contributed by atoms with Crippen molar-refractivity contribution in [2.75, 3.05) is 44.8 Å². The van der Waals surface area contributed by atoms with E-state index in [0.29, 0.717) is 54.5 Å². The van der Waals surface area contributed by atoms with Crippen LogP contribution in [0.2, 0.25) is 5.02 Å². The van der Waals surface area contributed by atoms with Gasteiger partial charge in [-0.25, -0.2) is 0 Å². The number of amides is 1. The zero-order valence-electron chi connectivity index (χ0n) is 18.6. The van der Waals surface area contributed by atoms with E-state index in [1.54, 1.807) is 42.4 Å². The molecule has 34 heavy (non-hydrogen) atoms. The molecule has 2 aromatic carbocycles. The molecule has 1 fully saturated rings. The third kappa shape index (κ3) is 5.33. The number of para-hydroxylation sites is 2. The van der Waals surface area contributed by atoms with Crippen molar-refractivity contribution in [1.29, 1.82) is 5.26 Å². The highest BCUT2D eigenvalue weighted by Gasteiger charge is 2.26. The summed E-state index contributed by atoms with van der Waals surface area (Å²) in [5.41, 5.74) is 1.03. The molecule has 1 aliphatic rings. The van der Waals surface area contributed by atoms with Crippen molar-refractivity contribution in [3.05, 3.63) is 70.7 Å². The van der Waals surface area contributed by atoms with Gasteiger partial charge in [-0.2, -0.15) is 10.2 Å². The Bertz CT molecular complexity index is 1230. The molecular formula is C25H23ClN4O4. The lowest BCUT2D eigenvalue weighted by molar-refractivity contribution is -0.133. The third-order valence-corrected chi connectivity index (χ3v) is 5.73. The number of aromatic nitrogens is 1. The normalized spacial score (nSPS) is 13.7. The molecule has 0 saturated carbocycles. The van der Waals surface area contributed by atoms with Crippen LogP contribution in [-0.2, 0) is 4.79 Å². The predicted molar refractivity (Wildman–Crippen MR) is 129 cm³/mol. The van der Waals surface area contributed by atoms with E-state index in [4.69, 9.17) is 25.5 Å². The molecule has 0 bridgehead atoms. The molecule has 1 saturated heterocycles. The molecule has 0 N–H and O–H groups in total. The van der Waals surface area contributed by atoms with Crippen molar-refractivity contribution in [2.24, 2.45) is 0 Å². The quantitative estimate of drug-likeness (QED) is 0.504. The Balaban J connectivity index is 1.36. The number of nitrogens with zero attached hydrogens (tertiary/aromatic N) is 4. The molecule has 0 spiro atoms. The maximum Gasteiger partial charge on any atom is 0.260 e. The fourth-order valence-corrected chi connectivity index (χ4v) is 3.78. The predicted octanol–water partition coefficient (Wildman–Crippen LogP) is 4.11. The second kappa shape index (κ2) is 10.8. The molecule has 0 aliphatic carbocycles. The van der Waals surface area contributed by atoms with Gasteiger partial charge in [-0.1, -0.05) is 41.9 Å². The zero-order valence-corrected chi connectivity index (χ0v) is 19.4. The van der Waals surface area contributed by atoms with Gasteiger partial charge in [-0.3, -0.25) is 4.79 Å².